The van der Waals surface area contributed by atoms with E-state index in [1.54, 1.807) is 7.05 Å². The molecule has 1 aromatic rings. The predicted molar refractivity (Wildman–Crippen MR) is 53.0 cm³/mol. The number of carboxylic acids is 1. The largest absolute Gasteiger partial charge is 0.477 e. The fourth-order valence-corrected chi connectivity index (χ4v) is 1.74. The molecule has 0 aliphatic heterocycles. The number of thiazole rings is 1. The third-order valence-electron chi connectivity index (χ3n) is 1.56. The average molecular weight is 214 g/mol. The number of rotatable bonds is 4. The quantitative estimate of drug-likeness (QED) is 0.805. The van der Waals surface area contributed by atoms with Crippen LogP contribution in [0, 0.1) is 0 Å². The molecule has 1 N–H and O–H groups in total. The molecule has 0 atom stereocenters. The number of anilines is 1. The van der Waals surface area contributed by atoms with Crippen molar-refractivity contribution < 1.29 is 14.7 Å². The van der Waals surface area contributed by atoms with Gasteiger partial charge in [-0.15, -0.1) is 11.3 Å². The molecule has 1 heterocycles. The summed E-state index contributed by atoms with van der Waals surface area (Å²) in [5, 5.41) is 8.80. The van der Waals surface area contributed by atoms with Gasteiger partial charge in [0.2, 0.25) is 0 Å². The Morgan fingerprint density at radius 3 is 2.79 bits per heavy atom. The van der Waals surface area contributed by atoms with Crippen molar-refractivity contribution in [2.45, 2.75) is 6.92 Å². The first-order valence-corrected chi connectivity index (χ1v) is 4.77. The lowest BCUT2D eigenvalue weighted by Crippen LogP contribution is -2.25. The number of carbonyl (C=O) groups is 2. The second-order valence-corrected chi connectivity index (χ2v) is 3.72. The zero-order chi connectivity index (χ0) is 10.7. The highest BCUT2D eigenvalue weighted by molar-refractivity contribution is 7.12. The Morgan fingerprint density at radius 1 is 1.64 bits per heavy atom. The molecule has 0 saturated heterocycles. The maximum absolute atomic E-state index is 10.8. The Morgan fingerprint density at radius 2 is 2.29 bits per heavy atom. The lowest BCUT2D eigenvalue weighted by molar-refractivity contribution is -0.115. The molecule has 1 aromatic heterocycles. The fraction of sp³-hybridized carbons (Fsp3) is 0.375. The van der Waals surface area contributed by atoms with Crippen LogP contribution in [0.2, 0.25) is 0 Å². The number of Topliss-reactive ketones (excluding diaryl/α,β-unsaturated/α-hetero) is 1. The molecule has 0 aromatic carbocycles. The van der Waals surface area contributed by atoms with Crippen LogP contribution in [0.5, 0.6) is 0 Å². The second-order valence-electron chi connectivity index (χ2n) is 2.87. The van der Waals surface area contributed by atoms with Crippen molar-refractivity contribution in [2.75, 3.05) is 18.5 Å². The smallest absolute Gasteiger partial charge is 0.349 e. The van der Waals surface area contributed by atoms with E-state index in [1.807, 2.05) is 0 Å². The fourth-order valence-electron chi connectivity index (χ4n) is 1.07. The Hall–Kier alpha value is -1.43. The van der Waals surface area contributed by atoms with Crippen LogP contribution in [0.4, 0.5) is 5.82 Å². The van der Waals surface area contributed by atoms with Gasteiger partial charge >= 0.3 is 5.97 Å². The number of carbonyl (C=O) groups excluding carboxylic acids is 1. The molecule has 0 aliphatic rings. The van der Waals surface area contributed by atoms with Crippen LogP contribution in [0.25, 0.3) is 0 Å². The topological polar surface area (TPSA) is 70.5 Å². The number of carboxylic acid groups (broad SMARTS) is 1. The number of hydrogen-bond acceptors (Lipinski definition) is 5. The van der Waals surface area contributed by atoms with E-state index >= 15 is 0 Å². The van der Waals surface area contributed by atoms with Crippen molar-refractivity contribution in [3.05, 3.63) is 10.4 Å². The summed E-state index contributed by atoms with van der Waals surface area (Å²) in [5.74, 6) is -0.701. The summed E-state index contributed by atoms with van der Waals surface area (Å²) in [6, 6.07) is 0. The predicted octanol–water partition coefficient (Wildman–Crippen LogP) is 0.867. The molecule has 0 bridgehead atoms. The molecule has 76 valence electrons. The number of ketones is 1. The number of likely N-dealkylation sites (N-methyl/N-ethyl adjacent to an activating group) is 1. The monoisotopic (exact) mass is 214 g/mol. The first-order valence-electron chi connectivity index (χ1n) is 3.89. The number of nitrogens with zero attached hydrogens (tertiary/aromatic N) is 2. The van der Waals surface area contributed by atoms with Crippen LogP contribution in [0.3, 0.4) is 0 Å². The van der Waals surface area contributed by atoms with Crippen molar-refractivity contribution in [1.29, 1.82) is 0 Å². The minimum absolute atomic E-state index is 0.0307. The summed E-state index contributed by atoms with van der Waals surface area (Å²) in [7, 11) is 1.64. The van der Waals surface area contributed by atoms with Gasteiger partial charge in [-0.2, -0.15) is 0 Å². The van der Waals surface area contributed by atoms with Crippen LogP contribution in [-0.2, 0) is 4.79 Å². The van der Waals surface area contributed by atoms with Gasteiger partial charge in [0, 0.05) is 7.05 Å². The van der Waals surface area contributed by atoms with E-state index in [4.69, 9.17) is 5.11 Å². The maximum Gasteiger partial charge on any atom is 0.349 e. The SMILES string of the molecule is CC(=O)CN(C)c1ncsc1C(=O)O. The lowest BCUT2D eigenvalue weighted by Gasteiger charge is -2.14. The molecular weight excluding hydrogens is 204 g/mol. The van der Waals surface area contributed by atoms with Gasteiger partial charge < -0.3 is 10.0 Å². The van der Waals surface area contributed by atoms with E-state index in [0.29, 0.717) is 5.82 Å². The first kappa shape index (κ1) is 10.6. The molecule has 1 rings (SSSR count). The van der Waals surface area contributed by atoms with Gasteiger partial charge in [-0.3, -0.25) is 4.79 Å². The molecular formula is C8H10N2O3S. The molecule has 0 radical (unpaired) electrons. The van der Waals surface area contributed by atoms with E-state index in [1.165, 1.54) is 17.3 Å². The average Bonchev–Trinajstić information content (AvgIpc) is 2.49. The summed E-state index contributed by atoms with van der Waals surface area (Å²) < 4.78 is 0. The zero-order valence-corrected chi connectivity index (χ0v) is 8.67. The Bertz CT molecular complexity index is 361. The normalized spacial score (nSPS) is 9.86. The van der Waals surface area contributed by atoms with Gasteiger partial charge in [-0.05, 0) is 6.92 Å². The van der Waals surface area contributed by atoms with E-state index in [0.717, 1.165) is 11.3 Å². The minimum Gasteiger partial charge on any atom is -0.477 e. The first-order chi connectivity index (χ1) is 6.52. The van der Waals surface area contributed by atoms with Gasteiger partial charge in [-0.25, -0.2) is 9.78 Å². The standard InChI is InChI=1S/C8H10N2O3S/c1-5(11)3-10(2)7-6(8(12)13)14-4-9-7/h4H,3H2,1-2H3,(H,12,13). The number of aromatic nitrogens is 1. The summed E-state index contributed by atoms with van der Waals surface area (Å²) in [6.45, 7) is 1.62. The summed E-state index contributed by atoms with van der Waals surface area (Å²) in [6.07, 6.45) is 0. The van der Waals surface area contributed by atoms with Gasteiger partial charge in [0.05, 0.1) is 12.1 Å². The summed E-state index contributed by atoms with van der Waals surface area (Å²) in [5.41, 5.74) is 1.45. The Balaban J connectivity index is 2.89. The van der Waals surface area contributed by atoms with Crippen molar-refractivity contribution >= 4 is 28.9 Å². The van der Waals surface area contributed by atoms with E-state index in [-0.39, 0.29) is 17.2 Å². The van der Waals surface area contributed by atoms with E-state index in [2.05, 4.69) is 4.98 Å². The molecule has 0 saturated carbocycles. The van der Waals surface area contributed by atoms with Crippen LogP contribution in [0.15, 0.2) is 5.51 Å². The van der Waals surface area contributed by atoms with Crippen LogP contribution >= 0.6 is 11.3 Å². The third kappa shape index (κ3) is 2.29. The highest BCUT2D eigenvalue weighted by Gasteiger charge is 2.17. The van der Waals surface area contributed by atoms with Crippen molar-refractivity contribution in [3.63, 3.8) is 0 Å². The second kappa shape index (κ2) is 4.19. The van der Waals surface area contributed by atoms with Gasteiger partial charge in [0.1, 0.15) is 5.78 Å². The van der Waals surface area contributed by atoms with Crippen molar-refractivity contribution in [1.82, 2.24) is 4.98 Å². The molecule has 0 spiro atoms. The van der Waals surface area contributed by atoms with Crippen LogP contribution < -0.4 is 4.90 Å². The Labute approximate surface area is 85.0 Å². The van der Waals surface area contributed by atoms with Gasteiger partial charge in [0.15, 0.2) is 10.7 Å². The van der Waals surface area contributed by atoms with Crippen LogP contribution in [0.1, 0.15) is 16.6 Å². The van der Waals surface area contributed by atoms with Gasteiger partial charge in [0.25, 0.3) is 0 Å². The highest BCUT2D eigenvalue weighted by atomic mass is 32.1. The number of hydrogen-bond donors (Lipinski definition) is 1. The zero-order valence-electron chi connectivity index (χ0n) is 7.85. The van der Waals surface area contributed by atoms with Crippen LogP contribution in [-0.4, -0.2) is 35.4 Å². The minimum atomic E-state index is -1.02. The summed E-state index contributed by atoms with van der Waals surface area (Å²) in [4.78, 5) is 27.1. The van der Waals surface area contributed by atoms with E-state index in [9.17, 15) is 9.59 Å². The highest BCUT2D eigenvalue weighted by Crippen LogP contribution is 2.21. The molecule has 6 heteroatoms. The molecule has 5 nitrogen and oxygen atoms in total. The molecule has 0 unspecified atom stereocenters. The van der Waals surface area contributed by atoms with Gasteiger partial charge in [-0.1, -0.05) is 0 Å². The molecule has 14 heavy (non-hydrogen) atoms. The molecule has 0 aliphatic carbocycles. The Kier molecular flexibility index (Phi) is 3.19. The van der Waals surface area contributed by atoms with Crippen molar-refractivity contribution in [2.24, 2.45) is 0 Å². The lowest BCUT2D eigenvalue weighted by atomic mass is 10.4. The number of aromatic carboxylic acids is 1. The van der Waals surface area contributed by atoms with E-state index < -0.39 is 5.97 Å². The molecule has 0 amide bonds. The molecule has 0 fully saturated rings. The van der Waals surface area contributed by atoms with Crippen molar-refractivity contribution in [3.8, 4) is 0 Å². The maximum atomic E-state index is 10.8. The third-order valence-corrected chi connectivity index (χ3v) is 2.37. The summed E-state index contributed by atoms with van der Waals surface area (Å²) >= 11 is 1.05.